The number of benzene rings is 2. The molecule has 1 aromatic heterocycles. The van der Waals surface area contributed by atoms with Gasteiger partial charge in [0, 0.05) is 17.3 Å². The number of amides is 1. The smallest absolute Gasteiger partial charge is 0.282 e. The zero-order valence-electron chi connectivity index (χ0n) is 14.9. The lowest BCUT2D eigenvalue weighted by Crippen LogP contribution is -2.33. The number of anilines is 1. The number of hydrogen-bond acceptors (Lipinski definition) is 6. The van der Waals surface area contributed by atoms with Gasteiger partial charge in [-0.1, -0.05) is 23.7 Å². The van der Waals surface area contributed by atoms with Crippen LogP contribution in [-0.2, 0) is 6.54 Å². The molecule has 9 nitrogen and oxygen atoms in total. The van der Waals surface area contributed by atoms with E-state index in [1.807, 2.05) is 24.3 Å². The maximum atomic E-state index is 12.5. The maximum Gasteiger partial charge on any atom is 0.282 e. The Morgan fingerprint density at radius 3 is 2.90 bits per heavy atom. The number of fused-ring (bicyclic) bond motifs is 1. The number of carbonyl (C=O) groups is 1. The second-order valence-electron chi connectivity index (χ2n) is 6.32. The number of nitrogens with one attached hydrogen (secondary N) is 1. The highest BCUT2D eigenvalue weighted by Crippen LogP contribution is 2.31. The molecule has 0 radical (unpaired) electrons. The van der Waals surface area contributed by atoms with Crippen molar-refractivity contribution in [3.8, 4) is 11.5 Å². The zero-order valence-corrected chi connectivity index (χ0v) is 15.7. The van der Waals surface area contributed by atoms with Gasteiger partial charge in [0.1, 0.15) is 12.2 Å². The summed E-state index contributed by atoms with van der Waals surface area (Å²) in [6.07, 6.45) is 2.81. The van der Waals surface area contributed by atoms with E-state index in [9.17, 15) is 14.9 Å². The van der Waals surface area contributed by atoms with Gasteiger partial charge in [-0.2, -0.15) is 5.10 Å². The van der Waals surface area contributed by atoms with E-state index in [-0.39, 0.29) is 22.4 Å². The second-order valence-corrected chi connectivity index (χ2v) is 6.76. The van der Waals surface area contributed by atoms with Crippen LogP contribution in [0.5, 0.6) is 11.5 Å². The number of halogens is 1. The Labute approximate surface area is 170 Å². The van der Waals surface area contributed by atoms with Crippen molar-refractivity contribution in [1.82, 2.24) is 9.78 Å². The molecule has 1 amide bonds. The summed E-state index contributed by atoms with van der Waals surface area (Å²) < 4.78 is 13.2. The SMILES string of the molecule is O=C(Nc1cnn(CC2COc3ccccc3O2)c1)c1cc(Cl)ccc1[N+](=O)[O-]. The van der Waals surface area contributed by atoms with Crippen LogP contribution >= 0.6 is 11.6 Å². The molecule has 2 aromatic carbocycles. The van der Waals surface area contributed by atoms with Gasteiger partial charge < -0.3 is 14.8 Å². The van der Waals surface area contributed by atoms with Crippen LogP contribution in [0.3, 0.4) is 0 Å². The number of carbonyl (C=O) groups excluding carboxylic acids is 1. The molecule has 1 aliphatic heterocycles. The summed E-state index contributed by atoms with van der Waals surface area (Å²) in [5.74, 6) is 0.711. The third kappa shape index (κ3) is 4.14. The van der Waals surface area contributed by atoms with E-state index in [0.29, 0.717) is 30.3 Å². The van der Waals surface area contributed by atoms with Gasteiger partial charge in [-0.05, 0) is 24.3 Å². The number of para-hydroxylation sites is 2. The number of aromatic nitrogens is 2. The average molecular weight is 415 g/mol. The highest BCUT2D eigenvalue weighted by molar-refractivity contribution is 6.31. The molecule has 3 aromatic rings. The third-order valence-electron chi connectivity index (χ3n) is 4.25. The van der Waals surface area contributed by atoms with Gasteiger partial charge in [0.15, 0.2) is 17.6 Å². The predicted molar refractivity (Wildman–Crippen MR) is 105 cm³/mol. The van der Waals surface area contributed by atoms with E-state index in [1.165, 1.54) is 24.4 Å². The lowest BCUT2D eigenvalue weighted by atomic mass is 10.1. The van der Waals surface area contributed by atoms with Crippen molar-refractivity contribution in [3.63, 3.8) is 0 Å². The lowest BCUT2D eigenvalue weighted by molar-refractivity contribution is -0.385. The fourth-order valence-corrected chi connectivity index (χ4v) is 3.11. The first-order valence-corrected chi connectivity index (χ1v) is 9.03. The Hall–Kier alpha value is -3.59. The molecule has 4 rings (SSSR count). The molecular weight excluding hydrogens is 400 g/mol. The molecule has 1 aliphatic rings. The lowest BCUT2D eigenvalue weighted by Gasteiger charge is -2.26. The first kappa shape index (κ1) is 18.8. The summed E-state index contributed by atoms with van der Waals surface area (Å²) in [6, 6.07) is 11.2. The minimum Gasteiger partial charge on any atom is -0.486 e. The Balaban J connectivity index is 1.43. The molecule has 29 heavy (non-hydrogen) atoms. The summed E-state index contributed by atoms with van der Waals surface area (Å²) in [5.41, 5.74) is -0.0667. The molecule has 2 heterocycles. The quantitative estimate of drug-likeness (QED) is 0.505. The molecule has 1 atom stereocenters. The average Bonchev–Trinajstić information content (AvgIpc) is 3.14. The first-order chi connectivity index (χ1) is 14.0. The monoisotopic (exact) mass is 414 g/mol. The summed E-state index contributed by atoms with van der Waals surface area (Å²) in [4.78, 5) is 23.0. The van der Waals surface area contributed by atoms with Crippen molar-refractivity contribution in [1.29, 1.82) is 0 Å². The molecule has 0 saturated heterocycles. The van der Waals surface area contributed by atoms with Gasteiger partial charge in [0.05, 0.1) is 23.4 Å². The van der Waals surface area contributed by atoms with E-state index < -0.39 is 10.8 Å². The number of nitrogens with zero attached hydrogens (tertiary/aromatic N) is 3. The van der Waals surface area contributed by atoms with Gasteiger partial charge >= 0.3 is 0 Å². The van der Waals surface area contributed by atoms with Crippen molar-refractivity contribution in [3.05, 3.63) is 75.6 Å². The second kappa shape index (κ2) is 7.80. The number of nitro benzene ring substituents is 1. The molecular formula is C19H15ClN4O5. The van der Waals surface area contributed by atoms with Gasteiger partial charge in [-0.3, -0.25) is 19.6 Å². The van der Waals surface area contributed by atoms with Crippen LogP contribution in [0.2, 0.25) is 5.02 Å². The summed E-state index contributed by atoms with van der Waals surface area (Å²) in [5, 5.41) is 18.2. The van der Waals surface area contributed by atoms with Gasteiger partial charge in [-0.15, -0.1) is 0 Å². The predicted octanol–water partition coefficient (Wildman–Crippen LogP) is 3.54. The standard InChI is InChI=1S/C19H15ClN4O5/c20-12-5-6-16(24(26)27)15(7-12)19(25)22-13-8-21-23(9-13)10-14-11-28-17-3-1-2-4-18(17)29-14/h1-9,14H,10-11H2,(H,22,25). The Morgan fingerprint density at radius 2 is 2.10 bits per heavy atom. The highest BCUT2D eigenvalue weighted by atomic mass is 35.5. The van der Waals surface area contributed by atoms with Crippen LogP contribution in [0.4, 0.5) is 11.4 Å². The van der Waals surface area contributed by atoms with E-state index in [1.54, 1.807) is 10.9 Å². The Morgan fingerprint density at radius 1 is 1.31 bits per heavy atom. The van der Waals surface area contributed by atoms with Crippen LogP contribution in [-0.4, -0.2) is 33.3 Å². The van der Waals surface area contributed by atoms with Crippen LogP contribution in [0.25, 0.3) is 0 Å². The molecule has 10 heteroatoms. The number of rotatable bonds is 5. The van der Waals surface area contributed by atoms with Crippen LogP contribution < -0.4 is 14.8 Å². The van der Waals surface area contributed by atoms with E-state index in [0.717, 1.165) is 0 Å². The minimum absolute atomic E-state index is 0.129. The third-order valence-corrected chi connectivity index (χ3v) is 4.48. The van der Waals surface area contributed by atoms with E-state index in [4.69, 9.17) is 21.1 Å². The molecule has 0 fully saturated rings. The number of hydrogen-bond donors (Lipinski definition) is 1. The van der Waals surface area contributed by atoms with Crippen LogP contribution in [0, 0.1) is 10.1 Å². The molecule has 1 N–H and O–H groups in total. The summed E-state index contributed by atoms with van der Waals surface area (Å²) >= 11 is 5.87. The van der Waals surface area contributed by atoms with E-state index >= 15 is 0 Å². The molecule has 0 spiro atoms. The number of nitro groups is 1. The number of ether oxygens (including phenoxy) is 2. The molecule has 0 aliphatic carbocycles. The fourth-order valence-electron chi connectivity index (χ4n) is 2.94. The normalized spacial score (nSPS) is 15.0. The van der Waals surface area contributed by atoms with E-state index in [2.05, 4.69) is 10.4 Å². The Bertz CT molecular complexity index is 1080. The summed E-state index contributed by atoms with van der Waals surface area (Å²) in [7, 11) is 0. The van der Waals surface area contributed by atoms with Crippen molar-refractivity contribution in [2.24, 2.45) is 0 Å². The minimum atomic E-state index is -0.648. The first-order valence-electron chi connectivity index (χ1n) is 8.66. The van der Waals surface area contributed by atoms with Crippen molar-refractivity contribution in [2.45, 2.75) is 12.6 Å². The van der Waals surface area contributed by atoms with Crippen LogP contribution in [0.15, 0.2) is 54.9 Å². The molecule has 0 bridgehead atoms. The topological polar surface area (TPSA) is 109 Å². The fraction of sp³-hybridized carbons (Fsp3) is 0.158. The van der Waals surface area contributed by atoms with Gasteiger partial charge in [0.2, 0.25) is 0 Å². The summed E-state index contributed by atoms with van der Waals surface area (Å²) in [6.45, 7) is 0.773. The van der Waals surface area contributed by atoms with Gasteiger partial charge in [0.25, 0.3) is 11.6 Å². The van der Waals surface area contributed by atoms with Crippen molar-refractivity contribution < 1.29 is 19.2 Å². The largest absolute Gasteiger partial charge is 0.486 e. The molecule has 1 unspecified atom stereocenters. The van der Waals surface area contributed by atoms with Crippen molar-refractivity contribution >= 4 is 28.9 Å². The molecule has 0 saturated carbocycles. The highest BCUT2D eigenvalue weighted by Gasteiger charge is 2.23. The zero-order chi connectivity index (χ0) is 20.4. The maximum absolute atomic E-state index is 12.5. The van der Waals surface area contributed by atoms with Gasteiger partial charge in [-0.25, -0.2) is 0 Å². The van der Waals surface area contributed by atoms with Crippen LogP contribution in [0.1, 0.15) is 10.4 Å². The Kier molecular flexibility index (Phi) is 5.05. The molecule has 148 valence electrons. The van der Waals surface area contributed by atoms with Crippen molar-refractivity contribution in [2.75, 3.05) is 11.9 Å².